The number of hydrogen-bond acceptors (Lipinski definition) is 4. The summed E-state index contributed by atoms with van der Waals surface area (Å²) in [7, 11) is 1.61. The zero-order valence-electron chi connectivity index (χ0n) is 20.5. The molecular formula is C30H30N2O4. The summed E-state index contributed by atoms with van der Waals surface area (Å²) in [5, 5.41) is 13.7. The highest BCUT2D eigenvalue weighted by molar-refractivity contribution is 5.94. The highest BCUT2D eigenvalue weighted by atomic mass is 16.5. The second-order valence-electron chi connectivity index (χ2n) is 8.77. The van der Waals surface area contributed by atoms with Crippen molar-refractivity contribution >= 4 is 22.6 Å². The lowest BCUT2D eigenvalue weighted by Gasteiger charge is -2.19. The fourth-order valence-electron chi connectivity index (χ4n) is 4.40. The quantitative estimate of drug-likeness (QED) is 0.287. The van der Waals surface area contributed by atoms with Gasteiger partial charge in [0.25, 0.3) is 5.91 Å². The number of ether oxygens (including phenoxy) is 1. The predicted octanol–water partition coefficient (Wildman–Crippen LogP) is 6.05. The van der Waals surface area contributed by atoms with Gasteiger partial charge in [0.1, 0.15) is 0 Å². The van der Waals surface area contributed by atoms with Gasteiger partial charge in [-0.2, -0.15) is 0 Å². The Hall–Kier alpha value is -4.19. The number of carbonyl (C=O) groups is 2. The van der Waals surface area contributed by atoms with E-state index in [4.69, 9.17) is 9.84 Å². The van der Waals surface area contributed by atoms with Crippen molar-refractivity contribution < 1.29 is 19.4 Å². The van der Waals surface area contributed by atoms with Gasteiger partial charge in [0.05, 0.1) is 13.5 Å². The zero-order chi connectivity index (χ0) is 25.5. The number of aromatic nitrogens is 1. The first kappa shape index (κ1) is 24.9. The summed E-state index contributed by atoms with van der Waals surface area (Å²) in [5.74, 6) is -0.382. The average Bonchev–Trinajstić information content (AvgIpc) is 2.91. The number of rotatable bonds is 10. The number of methoxy groups -OCH3 is 1. The normalized spacial score (nSPS) is 11.7. The number of hydrogen-bond donors (Lipinski definition) is 2. The van der Waals surface area contributed by atoms with Crippen molar-refractivity contribution in [2.45, 2.75) is 32.1 Å². The van der Waals surface area contributed by atoms with Crippen LogP contribution in [0, 0.1) is 0 Å². The predicted molar refractivity (Wildman–Crippen MR) is 142 cm³/mol. The topological polar surface area (TPSA) is 88.5 Å². The van der Waals surface area contributed by atoms with Gasteiger partial charge in [0.2, 0.25) is 5.88 Å². The molecule has 6 nitrogen and oxygen atoms in total. The van der Waals surface area contributed by atoms with Gasteiger partial charge in [-0.05, 0) is 58.1 Å². The van der Waals surface area contributed by atoms with Crippen molar-refractivity contribution in [3.05, 3.63) is 95.7 Å². The molecule has 4 rings (SSSR count). The molecule has 1 heterocycles. The number of carbonyl (C=O) groups excluding carboxylic acids is 1. The molecule has 0 aliphatic rings. The maximum atomic E-state index is 12.3. The minimum atomic E-state index is -0.933. The molecule has 1 amide bonds. The summed E-state index contributed by atoms with van der Waals surface area (Å²) in [6.07, 6.45) is 3.75. The molecule has 0 radical (unpaired) electrons. The van der Waals surface area contributed by atoms with Crippen LogP contribution in [-0.4, -0.2) is 35.6 Å². The van der Waals surface area contributed by atoms with Crippen LogP contribution in [0.3, 0.4) is 0 Å². The van der Waals surface area contributed by atoms with Gasteiger partial charge in [0.15, 0.2) is 0 Å². The summed E-state index contributed by atoms with van der Waals surface area (Å²) in [4.78, 5) is 27.3. The number of nitrogens with zero attached hydrogens (tertiary/aromatic N) is 1. The minimum absolute atomic E-state index is 0.0944. The minimum Gasteiger partial charge on any atom is -0.481 e. The molecule has 1 unspecified atom stereocenters. The molecule has 184 valence electrons. The molecule has 1 aromatic heterocycles. The van der Waals surface area contributed by atoms with E-state index in [2.05, 4.69) is 53.6 Å². The Morgan fingerprint density at radius 2 is 1.61 bits per heavy atom. The third-order valence-corrected chi connectivity index (χ3v) is 6.32. The van der Waals surface area contributed by atoms with Crippen LogP contribution in [0.5, 0.6) is 5.88 Å². The van der Waals surface area contributed by atoms with Gasteiger partial charge in [-0.3, -0.25) is 9.59 Å². The van der Waals surface area contributed by atoms with Crippen LogP contribution in [0.2, 0.25) is 0 Å². The van der Waals surface area contributed by atoms with E-state index in [1.807, 2.05) is 42.6 Å². The first-order chi connectivity index (χ1) is 17.5. The number of fused-ring (bicyclic) bond motifs is 1. The largest absolute Gasteiger partial charge is 0.481 e. The molecule has 0 spiro atoms. The van der Waals surface area contributed by atoms with Crippen LogP contribution in [-0.2, 0) is 4.79 Å². The lowest BCUT2D eigenvalue weighted by atomic mass is 9.86. The molecule has 0 bridgehead atoms. The molecule has 2 N–H and O–H groups in total. The maximum absolute atomic E-state index is 12.3. The van der Waals surface area contributed by atoms with Crippen LogP contribution < -0.4 is 10.1 Å². The molecular weight excluding hydrogens is 452 g/mol. The Labute approximate surface area is 211 Å². The number of benzene rings is 3. The van der Waals surface area contributed by atoms with E-state index in [-0.39, 0.29) is 24.8 Å². The molecule has 4 aromatic rings. The number of amides is 1. The second kappa shape index (κ2) is 11.5. The van der Waals surface area contributed by atoms with E-state index < -0.39 is 5.97 Å². The smallest absolute Gasteiger partial charge is 0.305 e. The molecule has 3 aromatic carbocycles. The first-order valence-corrected chi connectivity index (χ1v) is 12.1. The molecule has 1 atom stereocenters. The maximum Gasteiger partial charge on any atom is 0.305 e. The lowest BCUT2D eigenvalue weighted by Crippen LogP contribution is -2.25. The number of carboxylic acid groups (broad SMARTS) is 1. The van der Waals surface area contributed by atoms with Crippen LogP contribution in [0.15, 0.2) is 79.0 Å². The summed E-state index contributed by atoms with van der Waals surface area (Å²) in [6, 6.07) is 24.5. The zero-order valence-corrected chi connectivity index (χ0v) is 20.5. The molecule has 0 aliphatic carbocycles. The molecule has 0 aliphatic heterocycles. The third kappa shape index (κ3) is 5.89. The van der Waals surface area contributed by atoms with Crippen molar-refractivity contribution in [3.63, 3.8) is 0 Å². The van der Waals surface area contributed by atoms with Gasteiger partial charge in [-0.15, -0.1) is 0 Å². The van der Waals surface area contributed by atoms with Crippen molar-refractivity contribution in [1.82, 2.24) is 10.3 Å². The fourth-order valence-corrected chi connectivity index (χ4v) is 4.40. The van der Waals surface area contributed by atoms with E-state index >= 15 is 0 Å². The summed E-state index contributed by atoms with van der Waals surface area (Å²) >= 11 is 0. The molecule has 0 saturated heterocycles. The highest BCUT2D eigenvalue weighted by Gasteiger charge is 2.15. The SMILES string of the molecule is CCCC(c1ccc(C(=O)NCCC(=O)O)cc1)c1ccc2cc(-c3ccc(OC)nc3)ccc2c1. The number of nitrogens with one attached hydrogen (secondary N) is 1. The Morgan fingerprint density at radius 1 is 0.917 bits per heavy atom. The van der Waals surface area contributed by atoms with Crippen molar-refractivity contribution in [2.75, 3.05) is 13.7 Å². The van der Waals surface area contributed by atoms with E-state index in [0.29, 0.717) is 11.4 Å². The van der Waals surface area contributed by atoms with Crippen LogP contribution in [0.25, 0.3) is 21.9 Å². The molecule has 36 heavy (non-hydrogen) atoms. The Kier molecular flexibility index (Phi) is 7.95. The Bertz CT molecular complexity index is 1350. The Morgan fingerprint density at radius 3 is 2.28 bits per heavy atom. The molecule has 0 saturated carbocycles. The van der Waals surface area contributed by atoms with E-state index in [1.54, 1.807) is 7.11 Å². The van der Waals surface area contributed by atoms with Crippen molar-refractivity contribution in [3.8, 4) is 17.0 Å². The monoisotopic (exact) mass is 482 g/mol. The van der Waals surface area contributed by atoms with Gasteiger partial charge in [-0.1, -0.05) is 55.8 Å². The lowest BCUT2D eigenvalue weighted by molar-refractivity contribution is -0.136. The summed E-state index contributed by atoms with van der Waals surface area (Å²) in [5.41, 5.74) is 5.06. The first-order valence-electron chi connectivity index (χ1n) is 12.1. The van der Waals surface area contributed by atoms with Crippen LogP contribution >= 0.6 is 0 Å². The van der Waals surface area contributed by atoms with E-state index in [0.717, 1.165) is 34.9 Å². The second-order valence-corrected chi connectivity index (χ2v) is 8.77. The standard InChI is InChI=1S/C30H30N2O4/c1-3-4-27(20-5-7-21(8-6-20)30(35)31-16-15-29(33)34)25-12-11-22-17-24(10-9-23(22)18-25)26-13-14-28(36-2)32-19-26/h5-14,17-19,27H,3-4,15-16H2,1-2H3,(H,31,35)(H,33,34). The van der Waals surface area contributed by atoms with Crippen LogP contribution in [0.1, 0.15) is 53.6 Å². The number of aliphatic carboxylic acids is 1. The van der Waals surface area contributed by atoms with E-state index in [1.165, 1.54) is 10.9 Å². The number of pyridine rings is 1. The van der Waals surface area contributed by atoms with Gasteiger partial charge < -0.3 is 15.2 Å². The van der Waals surface area contributed by atoms with E-state index in [9.17, 15) is 9.59 Å². The summed E-state index contributed by atoms with van der Waals surface area (Å²) in [6.45, 7) is 2.29. The average molecular weight is 483 g/mol. The Balaban J connectivity index is 1.55. The van der Waals surface area contributed by atoms with Crippen molar-refractivity contribution in [1.29, 1.82) is 0 Å². The third-order valence-electron chi connectivity index (χ3n) is 6.32. The molecule has 0 fully saturated rings. The van der Waals surface area contributed by atoms with Crippen molar-refractivity contribution in [2.24, 2.45) is 0 Å². The number of carboxylic acids is 1. The van der Waals surface area contributed by atoms with Gasteiger partial charge >= 0.3 is 5.97 Å². The van der Waals surface area contributed by atoms with Crippen LogP contribution in [0.4, 0.5) is 0 Å². The molecule has 6 heteroatoms. The van der Waals surface area contributed by atoms with Gasteiger partial charge in [-0.25, -0.2) is 4.98 Å². The summed E-state index contributed by atoms with van der Waals surface area (Å²) < 4.78 is 5.16. The fraction of sp³-hybridized carbons (Fsp3) is 0.233. The highest BCUT2D eigenvalue weighted by Crippen LogP contribution is 2.33. The van der Waals surface area contributed by atoms with Gasteiger partial charge in [0, 0.05) is 35.9 Å².